The first-order valence-corrected chi connectivity index (χ1v) is 29.8. The van der Waals surface area contributed by atoms with Crippen molar-refractivity contribution in [3.63, 3.8) is 0 Å². The summed E-state index contributed by atoms with van der Waals surface area (Å²) in [5.74, 6) is -0.222. The van der Waals surface area contributed by atoms with Crippen molar-refractivity contribution in [3.8, 4) is 0 Å². The van der Waals surface area contributed by atoms with E-state index in [0.29, 0.717) is 51.1 Å². The van der Waals surface area contributed by atoms with E-state index in [2.05, 4.69) is 29.8 Å². The van der Waals surface area contributed by atoms with Gasteiger partial charge >= 0.3 is 0 Å². The van der Waals surface area contributed by atoms with E-state index in [-0.39, 0.29) is 97.1 Å². The highest BCUT2D eigenvalue weighted by atomic mass is 33.1. The van der Waals surface area contributed by atoms with Gasteiger partial charge in [-0.3, -0.25) is 24.1 Å². The van der Waals surface area contributed by atoms with E-state index in [1.165, 1.54) is 6.92 Å². The molecule has 3 amide bonds. The fraction of sp³-hybridized carbons (Fsp3) is 0.915. The summed E-state index contributed by atoms with van der Waals surface area (Å²) in [7, 11) is 6.52. The third-order valence-corrected chi connectivity index (χ3v) is 19.9. The Kier molecular flexibility index (Phi) is 30.8. The third-order valence-electron chi connectivity index (χ3n) is 13.1. The van der Waals surface area contributed by atoms with Crippen LogP contribution < -0.4 is 16.0 Å². The van der Waals surface area contributed by atoms with E-state index < -0.39 is 80.3 Å². The van der Waals surface area contributed by atoms with Crippen molar-refractivity contribution in [1.29, 1.82) is 0 Å². The highest BCUT2D eigenvalue weighted by molar-refractivity contribution is 8.77. The predicted molar refractivity (Wildman–Crippen MR) is 280 cm³/mol. The molecule has 3 rings (SSSR count). The molecule has 9 N–H and O–H groups in total. The zero-order valence-electron chi connectivity index (χ0n) is 44.0. The number of rotatable bonds is 38. The number of ketones is 1. The molecule has 426 valence electrons. The Labute approximate surface area is 447 Å². The summed E-state index contributed by atoms with van der Waals surface area (Å²) >= 11 is 0. The molecule has 0 bridgehead atoms. The van der Waals surface area contributed by atoms with Crippen molar-refractivity contribution < 1.29 is 87.7 Å². The Morgan fingerprint density at radius 2 is 1.19 bits per heavy atom. The standard InChI is InChI=1S/C47H86N4O18S4/c1-10-28(2)48-36(56)24-51(23-33(55)38-30(4)47(38,9)73-71-22-20-65-14-11-62-15-17-66-44-29(3)40(58)41(59)34(26-52)68-44)25-37(57)49-31(5)46(7,8)72-70-21-19-64-13-12-63-16-18-67-45-39(50-32(6)54)43(61)42(60)35(27-53)69-45/h28-31,34-35,38-45,52-53,58-61H,10-27H2,1-9H3,(H,48,56)(H,49,57)(H,50,54). The predicted octanol–water partition coefficient (Wildman–Crippen LogP) is -0.0387. The maximum absolute atomic E-state index is 13.8. The molecule has 0 aromatic carbocycles. The number of nitrogens with zero attached hydrogens (tertiary/aromatic N) is 1. The lowest BCUT2D eigenvalue weighted by atomic mass is 9.92. The van der Waals surface area contributed by atoms with Crippen LogP contribution in [0.1, 0.15) is 68.7 Å². The normalized spacial score (nSPS) is 30.2. The first-order chi connectivity index (χ1) is 34.6. The first-order valence-electron chi connectivity index (χ1n) is 25.1. The molecule has 22 nitrogen and oxygen atoms in total. The lowest BCUT2D eigenvalue weighted by Gasteiger charge is -2.42. The van der Waals surface area contributed by atoms with Gasteiger partial charge in [0.25, 0.3) is 0 Å². The highest BCUT2D eigenvalue weighted by Gasteiger charge is 2.62. The van der Waals surface area contributed by atoms with Crippen LogP contribution in [0.25, 0.3) is 0 Å². The Morgan fingerprint density at radius 1 is 0.699 bits per heavy atom. The van der Waals surface area contributed by atoms with Crippen LogP contribution in [0.2, 0.25) is 0 Å². The second-order valence-electron chi connectivity index (χ2n) is 19.3. The number of hydrogen-bond donors (Lipinski definition) is 9. The van der Waals surface area contributed by atoms with Gasteiger partial charge in [-0.2, -0.15) is 0 Å². The molecule has 1 aliphatic carbocycles. The topological polar surface area (TPSA) is 303 Å². The Bertz CT molecular complexity index is 1640. The zero-order chi connectivity index (χ0) is 54.3. The summed E-state index contributed by atoms with van der Waals surface area (Å²) in [6, 6.07) is -1.34. The lowest BCUT2D eigenvalue weighted by Crippen LogP contribution is -2.64. The third kappa shape index (κ3) is 22.3. The Hall–Kier alpha value is -1.12. The molecular weight excluding hydrogens is 1040 g/mol. The quantitative estimate of drug-likeness (QED) is 0.0290. The fourth-order valence-corrected chi connectivity index (χ4v) is 13.7. The van der Waals surface area contributed by atoms with E-state index in [1.807, 2.05) is 34.6 Å². The highest BCUT2D eigenvalue weighted by Crippen LogP contribution is 2.63. The summed E-state index contributed by atoms with van der Waals surface area (Å²) in [5.41, 5.74) is 0. The van der Waals surface area contributed by atoms with Crippen LogP contribution in [0.4, 0.5) is 0 Å². The summed E-state index contributed by atoms with van der Waals surface area (Å²) in [6.45, 7) is 18.8. The van der Waals surface area contributed by atoms with Crippen LogP contribution in [0.15, 0.2) is 0 Å². The molecule has 2 saturated heterocycles. The van der Waals surface area contributed by atoms with Crippen LogP contribution in [0.3, 0.4) is 0 Å². The van der Waals surface area contributed by atoms with Crippen LogP contribution in [-0.4, -0.2) is 246 Å². The lowest BCUT2D eigenvalue weighted by molar-refractivity contribution is -0.284. The minimum Gasteiger partial charge on any atom is -0.394 e. The number of hydrogen-bond acceptors (Lipinski definition) is 23. The van der Waals surface area contributed by atoms with E-state index in [0.717, 1.165) is 6.42 Å². The van der Waals surface area contributed by atoms with Gasteiger partial charge in [-0.25, -0.2) is 0 Å². The smallest absolute Gasteiger partial charge is 0.234 e. The molecule has 2 aliphatic heterocycles. The molecular formula is C47H86N4O18S4. The minimum atomic E-state index is -1.40. The Balaban J connectivity index is 1.32. The molecule has 0 aromatic heterocycles. The van der Waals surface area contributed by atoms with Crippen molar-refractivity contribution in [2.45, 2.75) is 146 Å². The SMILES string of the molecule is CCC(C)NC(=O)CN(CC(=O)NC(C)C(C)(C)SSCCOCCOCCOC1OC(CO)C(O)C(O)C1NC(C)=O)CC(=O)C1C(C)C1(C)SSCCOCCOCCOC1OC(CO)C(O)C(O)C1C. The molecule has 15 unspecified atom stereocenters. The van der Waals surface area contributed by atoms with Gasteiger partial charge in [-0.1, -0.05) is 63.9 Å². The van der Waals surface area contributed by atoms with Gasteiger partial charge in [-0.05, 0) is 47.0 Å². The van der Waals surface area contributed by atoms with Gasteiger partial charge in [0.15, 0.2) is 18.4 Å². The van der Waals surface area contributed by atoms with Crippen LogP contribution >= 0.6 is 43.2 Å². The van der Waals surface area contributed by atoms with Gasteiger partial charge in [0.05, 0.1) is 105 Å². The second-order valence-corrected chi connectivity index (χ2v) is 25.3. The summed E-state index contributed by atoms with van der Waals surface area (Å²) in [6.07, 6.45) is -8.15. The number of Topliss-reactive ketones (excluding diaryl/α,β-unsaturated/α-hetero) is 1. The van der Waals surface area contributed by atoms with Gasteiger partial charge < -0.3 is 84.5 Å². The number of carbonyl (C=O) groups excluding carboxylic acids is 4. The average Bonchev–Trinajstić information content (AvgIpc) is 3.89. The van der Waals surface area contributed by atoms with Crippen LogP contribution in [-0.2, 0) is 57.1 Å². The molecule has 0 radical (unpaired) electrons. The monoisotopic (exact) mass is 1120 g/mol. The molecule has 2 heterocycles. The number of aliphatic hydroxyl groups excluding tert-OH is 6. The largest absolute Gasteiger partial charge is 0.394 e. The molecule has 0 aromatic rings. The van der Waals surface area contributed by atoms with Gasteiger partial charge in [0.2, 0.25) is 17.7 Å². The molecule has 73 heavy (non-hydrogen) atoms. The maximum atomic E-state index is 13.8. The van der Waals surface area contributed by atoms with E-state index in [4.69, 9.17) is 37.9 Å². The van der Waals surface area contributed by atoms with Crippen molar-refractivity contribution in [3.05, 3.63) is 0 Å². The minimum absolute atomic E-state index is 0.0109. The van der Waals surface area contributed by atoms with E-state index in [1.54, 1.807) is 55.0 Å². The molecule has 3 fully saturated rings. The molecule has 0 spiro atoms. The summed E-state index contributed by atoms with van der Waals surface area (Å²) < 4.78 is 44.3. The molecule has 15 atom stereocenters. The fourth-order valence-electron chi connectivity index (χ4n) is 7.93. The number of amides is 3. The number of aliphatic hydroxyl groups is 6. The average molecular weight is 1120 g/mol. The van der Waals surface area contributed by atoms with Gasteiger partial charge in [0.1, 0.15) is 36.6 Å². The van der Waals surface area contributed by atoms with Crippen molar-refractivity contribution in [1.82, 2.24) is 20.9 Å². The second kappa shape index (κ2) is 34.0. The summed E-state index contributed by atoms with van der Waals surface area (Å²) in [4.78, 5) is 53.6. The van der Waals surface area contributed by atoms with Crippen LogP contribution in [0, 0.1) is 17.8 Å². The maximum Gasteiger partial charge on any atom is 0.234 e. The first kappa shape index (κ1) is 66.2. The Morgan fingerprint density at radius 3 is 1.74 bits per heavy atom. The summed E-state index contributed by atoms with van der Waals surface area (Å²) in [5, 5.41) is 68.1. The van der Waals surface area contributed by atoms with Crippen molar-refractivity contribution >= 4 is 66.7 Å². The number of carbonyl (C=O) groups is 4. The molecule has 3 aliphatic rings. The van der Waals surface area contributed by atoms with Gasteiger partial charge in [-0.15, -0.1) is 0 Å². The van der Waals surface area contributed by atoms with E-state index in [9.17, 15) is 49.8 Å². The van der Waals surface area contributed by atoms with Crippen molar-refractivity contribution in [2.75, 3.05) is 110 Å². The van der Waals surface area contributed by atoms with Crippen molar-refractivity contribution in [2.24, 2.45) is 17.8 Å². The molecule has 1 saturated carbocycles. The number of nitrogens with one attached hydrogen (secondary N) is 3. The zero-order valence-corrected chi connectivity index (χ0v) is 47.2. The van der Waals surface area contributed by atoms with Crippen LogP contribution in [0.5, 0.6) is 0 Å². The molecule has 26 heteroatoms. The van der Waals surface area contributed by atoms with E-state index >= 15 is 0 Å². The number of ether oxygens (including phenoxy) is 8. The van der Waals surface area contributed by atoms with Gasteiger partial charge in [0, 0.05) is 51.8 Å².